The maximum absolute atomic E-state index is 13.0. The van der Waals surface area contributed by atoms with E-state index in [-0.39, 0.29) is 5.91 Å². The molecule has 0 bridgehead atoms. The van der Waals surface area contributed by atoms with Crippen molar-refractivity contribution < 1.29 is 9.53 Å². The Hall–Kier alpha value is -2.79. The molecular formula is C25H31N3O2. The van der Waals surface area contributed by atoms with Crippen molar-refractivity contribution in [2.75, 3.05) is 51.3 Å². The van der Waals surface area contributed by atoms with Crippen LogP contribution in [0.3, 0.4) is 0 Å². The Labute approximate surface area is 179 Å². The molecule has 1 unspecified atom stereocenters. The first-order valence-electron chi connectivity index (χ1n) is 10.8. The van der Waals surface area contributed by atoms with E-state index in [2.05, 4.69) is 28.5 Å². The molecule has 4 rings (SSSR count). The third kappa shape index (κ3) is 4.36. The topological polar surface area (TPSA) is 36.0 Å². The van der Waals surface area contributed by atoms with Crippen LogP contribution in [0.15, 0.2) is 55.1 Å². The minimum absolute atomic E-state index is 0.142. The second-order valence-electron chi connectivity index (χ2n) is 8.07. The summed E-state index contributed by atoms with van der Waals surface area (Å²) in [5, 5.41) is 0. The molecular weight excluding hydrogens is 374 g/mol. The van der Waals surface area contributed by atoms with Gasteiger partial charge in [0.15, 0.2) is 0 Å². The number of para-hydroxylation sites is 2. The zero-order chi connectivity index (χ0) is 20.9. The molecule has 0 saturated carbocycles. The van der Waals surface area contributed by atoms with Crippen molar-refractivity contribution in [1.82, 2.24) is 9.80 Å². The lowest BCUT2D eigenvalue weighted by Crippen LogP contribution is -2.55. The Morgan fingerprint density at radius 1 is 1.03 bits per heavy atom. The lowest BCUT2D eigenvalue weighted by Gasteiger charge is -2.44. The van der Waals surface area contributed by atoms with Gasteiger partial charge in [-0.15, -0.1) is 0 Å². The van der Waals surface area contributed by atoms with Crippen molar-refractivity contribution >= 4 is 17.7 Å². The summed E-state index contributed by atoms with van der Waals surface area (Å²) in [4.78, 5) is 20.0. The highest BCUT2D eigenvalue weighted by Crippen LogP contribution is 2.29. The fraction of sp³-hybridized carbons (Fsp3) is 0.400. The second-order valence-corrected chi connectivity index (χ2v) is 8.07. The Bertz CT molecular complexity index is 872. The highest BCUT2D eigenvalue weighted by atomic mass is 16.5. The molecule has 0 N–H and O–H groups in total. The minimum atomic E-state index is 0.142. The average molecular weight is 406 g/mol. The number of methoxy groups -OCH3 is 1. The molecule has 5 nitrogen and oxygen atoms in total. The molecule has 2 heterocycles. The van der Waals surface area contributed by atoms with Crippen molar-refractivity contribution in [3.05, 3.63) is 66.2 Å². The van der Waals surface area contributed by atoms with E-state index in [9.17, 15) is 4.79 Å². The van der Waals surface area contributed by atoms with E-state index in [0.29, 0.717) is 6.04 Å². The molecule has 2 saturated heterocycles. The predicted molar refractivity (Wildman–Crippen MR) is 122 cm³/mol. The Morgan fingerprint density at radius 3 is 2.47 bits per heavy atom. The predicted octanol–water partition coefficient (Wildman–Crippen LogP) is 3.77. The standard InChI is InChI=1S/C25H31N3O2/c1-3-20-10-12-21(13-11-20)25(29)28-14-6-7-22(19-28)26-15-17-27(18-16-26)23-8-4-5-9-24(23)30-2/h3-5,8-13,22H,1,6-7,14-19H2,2H3. The van der Waals surface area contributed by atoms with E-state index >= 15 is 0 Å². The number of anilines is 1. The lowest BCUT2D eigenvalue weighted by molar-refractivity contribution is 0.0563. The monoisotopic (exact) mass is 405 g/mol. The molecule has 0 radical (unpaired) electrons. The molecule has 2 fully saturated rings. The maximum atomic E-state index is 13.0. The molecule has 2 aliphatic rings. The van der Waals surface area contributed by atoms with Crippen LogP contribution >= 0.6 is 0 Å². The molecule has 0 aliphatic carbocycles. The highest BCUT2D eigenvalue weighted by Gasteiger charge is 2.30. The van der Waals surface area contributed by atoms with Crippen LogP contribution in [0.25, 0.3) is 6.08 Å². The molecule has 1 amide bonds. The summed E-state index contributed by atoms with van der Waals surface area (Å²) in [6, 6.07) is 16.4. The molecule has 0 spiro atoms. The first-order chi connectivity index (χ1) is 14.7. The number of rotatable bonds is 5. The van der Waals surface area contributed by atoms with Gasteiger partial charge in [-0.3, -0.25) is 9.69 Å². The van der Waals surface area contributed by atoms with Crippen molar-refractivity contribution in [3.63, 3.8) is 0 Å². The van der Waals surface area contributed by atoms with E-state index in [0.717, 1.165) is 69.0 Å². The van der Waals surface area contributed by atoms with Gasteiger partial charge in [-0.05, 0) is 42.7 Å². The third-order valence-corrected chi connectivity index (χ3v) is 6.33. The fourth-order valence-electron chi connectivity index (χ4n) is 4.60. The van der Waals surface area contributed by atoms with Gasteiger partial charge in [0.2, 0.25) is 0 Å². The lowest BCUT2D eigenvalue weighted by atomic mass is 10.0. The number of hydrogen-bond acceptors (Lipinski definition) is 4. The summed E-state index contributed by atoms with van der Waals surface area (Å²) in [5.74, 6) is 1.07. The van der Waals surface area contributed by atoms with Crippen LogP contribution < -0.4 is 9.64 Å². The van der Waals surface area contributed by atoms with Crippen molar-refractivity contribution in [2.45, 2.75) is 18.9 Å². The van der Waals surface area contributed by atoms with Crippen LogP contribution in [-0.4, -0.2) is 68.1 Å². The smallest absolute Gasteiger partial charge is 0.253 e. The number of benzene rings is 2. The number of carbonyl (C=O) groups excluding carboxylic acids is 1. The Morgan fingerprint density at radius 2 is 1.77 bits per heavy atom. The Kier molecular flexibility index (Phi) is 6.38. The van der Waals surface area contributed by atoms with E-state index < -0.39 is 0 Å². The van der Waals surface area contributed by atoms with Crippen LogP contribution in [0.1, 0.15) is 28.8 Å². The van der Waals surface area contributed by atoms with Crippen molar-refractivity contribution in [2.24, 2.45) is 0 Å². The van der Waals surface area contributed by atoms with Gasteiger partial charge in [-0.2, -0.15) is 0 Å². The zero-order valence-corrected chi connectivity index (χ0v) is 17.8. The molecule has 158 valence electrons. The van der Waals surface area contributed by atoms with Gasteiger partial charge in [0.25, 0.3) is 5.91 Å². The molecule has 1 atom stereocenters. The van der Waals surface area contributed by atoms with E-state index in [1.54, 1.807) is 13.2 Å². The SMILES string of the molecule is C=Cc1ccc(C(=O)N2CCCC(N3CCN(c4ccccc4OC)CC3)C2)cc1. The minimum Gasteiger partial charge on any atom is -0.495 e. The van der Waals surface area contributed by atoms with Crippen molar-refractivity contribution in [3.8, 4) is 5.75 Å². The summed E-state index contributed by atoms with van der Waals surface area (Å²) in [6.45, 7) is 9.43. The number of piperidine rings is 1. The van der Waals surface area contributed by atoms with E-state index in [4.69, 9.17) is 4.74 Å². The molecule has 2 aliphatic heterocycles. The molecule has 0 aromatic heterocycles. The average Bonchev–Trinajstić information content (AvgIpc) is 2.84. The van der Waals surface area contributed by atoms with E-state index in [1.807, 2.05) is 41.3 Å². The van der Waals surface area contributed by atoms with Gasteiger partial charge in [0.05, 0.1) is 12.8 Å². The van der Waals surface area contributed by atoms with Crippen molar-refractivity contribution in [1.29, 1.82) is 0 Å². The van der Waals surface area contributed by atoms with Crippen LogP contribution in [0.4, 0.5) is 5.69 Å². The number of amides is 1. The number of hydrogen-bond donors (Lipinski definition) is 0. The van der Waals surface area contributed by atoms with Gasteiger partial charge in [-0.1, -0.05) is 36.9 Å². The number of ether oxygens (including phenoxy) is 1. The molecule has 2 aromatic carbocycles. The maximum Gasteiger partial charge on any atom is 0.253 e. The highest BCUT2D eigenvalue weighted by molar-refractivity contribution is 5.94. The molecule has 2 aromatic rings. The van der Waals surface area contributed by atoms with Gasteiger partial charge in [-0.25, -0.2) is 0 Å². The number of likely N-dealkylation sites (tertiary alicyclic amines) is 1. The number of carbonyl (C=O) groups is 1. The van der Waals surface area contributed by atoms with Crippen LogP contribution in [-0.2, 0) is 0 Å². The quantitative estimate of drug-likeness (QED) is 0.759. The normalized spacial score (nSPS) is 20.1. The number of piperazine rings is 1. The summed E-state index contributed by atoms with van der Waals surface area (Å²) < 4.78 is 5.53. The first kappa shape index (κ1) is 20.5. The largest absolute Gasteiger partial charge is 0.495 e. The van der Waals surface area contributed by atoms with Crippen LogP contribution in [0.2, 0.25) is 0 Å². The molecule has 5 heteroatoms. The van der Waals surface area contributed by atoms with E-state index in [1.165, 1.54) is 5.69 Å². The summed E-state index contributed by atoms with van der Waals surface area (Å²) in [7, 11) is 1.73. The first-order valence-corrected chi connectivity index (χ1v) is 10.8. The number of nitrogens with zero attached hydrogens (tertiary/aromatic N) is 3. The van der Waals surface area contributed by atoms with Gasteiger partial charge in [0, 0.05) is 50.9 Å². The van der Waals surface area contributed by atoms with Gasteiger partial charge >= 0.3 is 0 Å². The fourth-order valence-corrected chi connectivity index (χ4v) is 4.60. The Balaban J connectivity index is 1.36. The summed E-state index contributed by atoms with van der Waals surface area (Å²) >= 11 is 0. The van der Waals surface area contributed by atoms with Gasteiger partial charge in [0.1, 0.15) is 5.75 Å². The summed E-state index contributed by atoms with van der Waals surface area (Å²) in [5.41, 5.74) is 2.97. The van der Waals surface area contributed by atoms with Crippen LogP contribution in [0.5, 0.6) is 5.75 Å². The zero-order valence-electron chi connectivity index (χ0n) is 17.8. The van der Waals surface area contributed by atoms with Gasteiger partial charge < -0.3 is 14.5 Å². The second kappa shape index (κ2) is 9.35. The summed E-state index contributed by atoms with van der Waals surface area (Å²) in [6.07, 6.45) is 4.03. The van der Waals surface area contributed by atoms with Crippen LogP contribution in [0, 0.1) is 0 Å². The molecule has 30 heavy (non-hydrogen) atoms. The third-order valence-electron chi connectivity index (χ3n) is 6.33.